The Balaban J connectivity index is 1.95. The third kappa shape index (κ3) is 2.01. The quantitative estimate of drug-likeness (QED) is 0.790. The van der Waals surface area contributed by atoms with Crippen LogP contribution < -0.4 is 4.74 Å². The van der Waals surface area contributed by atoms with Crippen LogP contribution in [0.5, 0.6) is 5.75 Å². The van der Waals surface area contributed by atoms with Crippen molar-refractivity contribution in [3.05, 3.63) is 64.7 Å². The molecule has 0 unspecified atom stereocenters. The van der Waals surface area contributed by atoms with Gasteiger partial charge in [0.1, 0.15) is 5.75 Å². The van der Waals surface area contributed by atoms with Crippen LogP contribution in [0.1, 0.15) is 28.7 Å². The number of benzene rings is 2. The van der Waals surface area contributed by atoms with Crippen molar-refractivity contribution in [3.8, 4) is 5.75 Å². The number of hydrogen-bond acceptors (Lipinski definition) is 1. The molecule has 0 spiro atoms. The van der Waals surface area contributed by atoms with Crippen molar-refractivity contribution >= 4 is 0 Å². The summed E-state index contributed by atoms with van der Waals surface area (Å²) in [5.74, 6) is 0.994. The second-order valence-electron chi connectivity index (χ2n) is 4.90. The molecule has 18 heavy (non-hydrogen) atoms. The maximum absolute atomic E-state index is 5.44. The molecule has 0 aliphatic heterocycles. The van der Waals surface area contributed by atoms with Gasteiger partial charge in [0.15, 0.2) is 0 Å². The number of rotatable bonds is 3. The minimum Gasteiger partial charge on any atom is -0.496 e. The van der Waals surface area contributed by atoms with Gasteiger partial charge in [0.05, 0.1) is 7.11 Å². The molecule has 0 bridgehead atoms. The van der Waals surface area contributed by atoms with Crippen molar-refractivity contribution in [2.24, 2.45) is 0 Å². The molecule has 0 heterocycles. The normalized spacial score (nSPS) is 13.4. The van der Waals surface area contributed by atoms with E-state index in [0.29, 0.717) is 0 Å². The van der Waals surface area contributed by atoms with Crippen LogP contribution in [0.4, 0.5) is 0 Å². The fraction of sp³-hybridized carbons (Fsp3) is 0.294. The molecule has 1 heteroatoms. The summed E-state index contributed by atoms with van der Waals surface area (Å²) in [5.41, 5.74) is 5.86. The van der Waals surface area contributed by atoms with Crippen LogP contribution in [-0.4, -0.2) is 7.11 Å². The van der Waals surface area contributed by atoms with Gasteiger partial charge in [-0.15, -0.1) is 0 Å². The van der Waals surface area contributed by atoms with E-state index < -0.39 is 0 Å². The van der Waals surface area contributed by atoms with E-state index >= 15 is 0 Å². The van der Waals surface area contributed by atoms with Crippen LogP contribution in [0.2, 0.25) is 0 Å². The predicted octanol–water partition coefficient (Wildman–Crippen LogP) is 3.77. The standard InChI is InChI=1S/C17H18O/c1-18-17-11-3-2-6-15(17)12-14-9-4-7-13-8-5-10-16(13)14/h2-4,6-7,9,11H,5,8,10,12H2,1H3. The number of hydrogen-bond donors (Lipinski definition) is 0. The molecular formula is C17H18O. The van der Waals surface area contributed by atoms with Crippen molar-refractivity contribution in [3.63, 3.8) is 0 Å². The first-order valence-corrected chi connectivity index (χ1v) is 6.60. The lowest BCUT2D eigenvalue weighted by atomic mass is 9.97. The Morgan fingerprint density at radius 2 is 1.78 bits per heavy atom. The highest BCUT2D eigenvalue weighted by molar-refractivity contribution is 5.44. The molecule has 0 amide bonds. The van der Waals surface area contributed by atoms with Gasteiger partial charge in [-0.25, -0.2) is 0 Å². The van der Waals surface area contributed by atoms with E-state index in [4.69, 9.17) is 4.74 Å². The molecule has 2 aromatic carbocycles. The summed E-state index contributed by atoms with van der Waals surface area (Å²) in [6, 6.07) is 15.0. The number of aryl methyl sites for hydroxylation is 1. The van der Waals surface area contributed by atoms with Crippen LogP contribution in [0, 0.1) is 0 Å². The Morgan fingerprint density at radius 3 is 2.67 bits per heavy atom. The van der Waals surface area contributed by atoms with Gasteiger partial charge in [-0.1, -0.05) is 36.4 Å². The molecule has 0 saturated carbocycles. The molecule has 1 nitrogen and oxygen atoms in total. The number of para-hydroxylation sites is 1. The Morgan fingerprint density at radius 1 is 0.944 bits per heavy atom. The van der Waals surface area contributed by atoms with Gasteiger partial charge in [-0.05, 0) is 47.6 Å². The SMILES string of the molecule is COc1ccccc1Cc1cccc2c1CCC2. The lowest BCUT2D eigenvalue weighted by Gasteiger charge is -2.11. The van der Waals surface area contributed by atoms with E-state index in [1.165, 1.54) is 30.4 Å². The summed E-state index contributed by atoms with van der Waals surface area (Å²) in [4.78, 5) is 0. The van der Waals surface area contributed by atoms with Gasteiger partial charge in [0, 0.05) is 6.42 Å². The van der Waals surface area contributed by atoms with Crippen molar-refractivity contribution in [2.75, 3.05) is 7.11 Å². The van der Waals surface area contributed by atoms with Crippen LogP contribution in [0.3, 0.4) is 0 Å². The molecule has 3 rings (SSSR count). The minimum atomic E-state index is 0.979. The van der Waals surface area contributed by atoms with Gasteiger partial charge in [-0.2, -0.15) is 0 Å². The average Bonchev–Trinajstić information content (AvgIpc) is 2.89. The topological polar surface area (TPSA) is 9.23 Å². The molecule has 1 aliphatic rings. The van der Waals surface area contributed by atoms with E-state index in [0.717, 1.165) is 12.2 Å². The van der Waals surface area contributed by atoms with E-state index in [2.05, 4.69) is 30.3 Å². The number of ether oxygens (including phenoxy) is 1. The molecule has 0 N–H and O–H groups in total. The summed E-state index contributed by atoms with van der Waals surface area (Å²) < 4.78 is 5.44. The van der Waals surface area contributed by atoms with E-state index in [1.54, 1.807) is 18.2 Å². The van der Waals surface area contributed by atoms with Gasteiger partial charge in [0.2, 0.25) is 0 Å². The molecule has 0 aromatic heterocycles. The Kier molecular flexibility index (Phi) is 3.06. The molecule has 0 fully saturated rings. The minimum absolute atomic E-state index is 0.979. The predicted molar refractivity (Wildman–Crippen MR) is 74.3 cm³/mol. The highest BCUT2D eigenvalue weighted by Gasteiger charge is 2.15. The highest BCUT2D eigenvalue weighted by Crippen LogP contribution is 2.29. The van der Waals surface area contributed by atoms with Gasteiger partial charge >= 0.3 is 0 Å². The largest absolute Gasteiger partial charge is 0.496 e. The summed E-state index contributed by atoms with van der Waals surface area (Å²) in [6.07, 6.45) is 4.77. The third-order valence-electron chi connectivity index (χ3n) is 3.82. The number of methoxy groups -OCH3 is 1. The molecule has 2 aromatic rings. The fourth-order valence-electron chi connectivity index (χ4n) is 2.92. The van der Waals surface area contributed by atoms with Crippen molar-refractivity contribution < 1.29 is 4.74 Å². The zero-order chi connectivity index (χ0) is 12.4. The molecular weight excluding hydrogens is 220 g/mol. The average molecular weight is 238 g/mol. The first-order valence-electron chi connectivity index (χ1n) is 6.60. The Labute approximate surface area is 108 Å². The van der Waals surface area contributed by atoms with Gasteiger partial charge < -0.3 is 4.74 Å². The fourth-order valence-corrected chi connectivity index (χ4v) is 2.92. The van der Waals surface area contributed by atoms with Crippen LogP contribution in [0.25, 0.3) is 0 Å². The summed E-state index contributed by atoms with van der Waals surface area (Å²) in [5, 5.41) is 0. The second kappa shape index (κ2) is 4.85. The first-order chi connectivity index (χ1) is 8.88. The summed E-state index contributed by atoms with van der Waals surface area (Å²) in [7, 11) is 1.74. The van der Waals surface area contributed by atoms with Crippen LogP contribution in [0.15, 0.2) is 42.5 Å². The van der Waals surface area contributed by atoms with Crippen molar-refractivity contribution in [1.82, 2.24) is 0 Å². The first kappa shape index (κ1) is 11.3. The number of fused-ring (bicyclic) bond motifs is 1. The van der Waals surface area contributed by atoms with E-state index in [-0.39, 0.29) is 0 Å². The second-order valence-corrected chi connectivity index (χ2v) is 4.90. The molecule has 1 aliphatic carbocycles. The van der Waals surface area contributed by atoms with E-state index in [1.807, 2.05) is 12.1 Å². The van der Waals surface area contributed by atoms with Crippen molar-refractivity contribution in [1.29, 1.82) is 0 Å². The zero-order valence-electron chi connectivity index (χ0n) is 10.8. The van der Waals surface area contributed by atoms with Crippen LogP contribution in [-0.2, 0) is 19.3 Å². The summed E-state index contributed by atoms with van der Waals surface area (Å²) in [6.45, 7) is 0. The van der Waals surface area contributed by atoms with Crippen molar-refractivity contribution in [2.45, 2.75) is 25.7 Å². The maximum atomic E-state index is 5.44. The Bertz CT molecular complexity index is 557. The monoisotopic (exact) mass is 238 g/mol. The smallest absolute Gasteiger partial charge is 0.122 e. The highest BCUT2D eigenvalue weighted by atomic mass is 16.5. The lowest BCUT2D eigenvalue weighted by Crippen LogP contribution is -1.97. The zero-order valence-corrected chi connectivity index (χ0v) is 10.8. The molecule has 92 valence electrons. The molecule has 0 radical (unpaired) electrons. The van der Waals surface area contributed by atoms with Gasteiger partial charge in [0.25, 0.3) is 0 Å². The Hall–Kier alpha value is -1.76. The van der Waals surface area contributed by atoms with E-state index in [9.17, 15) is 0 Å². The van der Waals surface area contributed by atoms with Gasteiger partial charge in [-0.3, -0.25) is 0 Å². The molecule has 0 saturated heterocycles. The third-order valence-corrected chi connectivity index (χ3v) is 3.82. The maximum Gasteiger partial charge on any atom is 0.122 e. The molecule has 0 atom stereocenters. The lowest BCUT2D eigenvalue weighted by molar-refractivity contribution is 0.410. The summed E-state index contributed by atoms with van der Waals surface area (Å²) >= 11 is 0. The van der Waals surface area contributed by atoms with Crippen LogP contribution >= 0.6 is 0 Å².